The van der Waals surface area contributed by atoms with Gasteiger partial charge in [0.15, 0.2) is 11.0 Å². The topological polar surface area (TPSA) is 82.5 Å². The molecule has 0 radical (unpaired) electrons. The van der Waals surface area contributed by atoms with Crippen LogP contribution in [-0.4, -0.2) is 29.9 Å². The minimum Gasteiger partial charge on any atom is -0.338 e. The van der Waals surface area contributed by atoms with Gasteiger partial charge in [-0.3, -0.25) is 9.55 Å². The van der Waals surface area contributed by atoms with Crippen LogP contribution in [0.1, 0.15) is 11.5 Å². The molecule has 0 saturated heterocycles. The molecule has 0 aliphatic carbocycles. The Morgan fingerprint density at radius 3 is 2.59 bits per heavy atom. The number of nitrogens with zero attached hydrogens (tertiary/aromatic N) is 6. The third kappa shape index (κ3) is 4.15. The van der Waals surface area contributed by atoms with Gasteiger partial charge >= 0.3 is 0 Å². The first-order valence-corrected chi connectivity index (χ1v) is 11.2. The lowest BCUT2D eigenvalue weighted by Crippen LogP contribution is -2.02. The molecule has 32 heavy (non-hydrogen) atoms. The number of pyridine rings is 1. The van der Waals surface area contributed by atoms with E-state index in [1.807, 2.05) is 47.0 Å². The van der Waals surface area contributed by atoms with Crippen molar-refractivity contribution in [3.63, 3.8) is 0 Å². The molecular formula is C23H17ClN6OS. The normalized spacial score (nSPS) is 11.1. The van der Waals surface area contributed by atoms with Crippen LogP contribution in [0.2, 0.25) is 5.02 Å². The summed E-state index contributed by atoms with van der Waals surface area (Å²) in [6.45, 7) is 2.06. The number of aryl methyl sites for hydroxylation is 1. The summed E-state index contributed by atoms with van der Waals surface area (Å²) in [5, 5.41) is 14.4. The van der Waals surface area contributed by atoms with E-state index in [1.165, 1.54) is 11.8 Å². The second-order valence-corrected chi connectivity index (χ2v) is 8.36. The highest BCUT2D eigenvalue weighted by Crippen LogP contribution is 2.31. The van der Waals surface area contributed by atoms with Crippen molar-refractivity contribution in [2.45, 2.75) is 17.8 Å². The largest absolute Gasteiger partial charge is 0.338 e. The first-order chi connectivity index (χ1) is 15.7. The van der Waals surface area contributed by atoms with Crippen LogP contribution >= 0.6 is 23.4 Å². The lowest BCUT2D eigenvalue weighted by atomic mass is 10.2. The molecule has 0 fully saturated rings. The summed E-state index contributed by atoms with van der Waals surface area (Å²) in [5.41, 5.74) is 3.85. The fraction of sp³-hybridized carbons (Fsp3) is 0.0870. The first kappa shape index (κ1) is 20.4. The Morgan fingerprint density at radius 1 is 0.969 bits per heavy atom. The van der Waals surface area contributed by atoms with Gasteiger partial charge in [0, 0.05) is 28.5 Å². The van der Waals surface area contributed by atoms with Crippen LogP contribution in [0, 0.1) is 6.92 Å². The zero-order valence-corrected chi connectivity index (χ0v) is 18.6. The van der Waals surface area contributed by atoms with Crippen LogP contribution in [-0.2, 0) is 5.75 Å². The molecule has 158 valence electrons. The van der Waals surface area contributed by atoms with Crippen LogP contribution in [0.5, 0.6) is 0 Å². The van der Waals surface area contributed by atoms with Gasteiger partial charge in [-0.25, -0.2) is 0 Å². The lowest BCUT2D eigenvalue weighted by Gasteiger charge is -2.12. The van der Waals surface area contributed by atoms with Crippen LogP contribution in [0.4, 0.5) is 0 Å². The predicted octanol–water partition coefficient (Wildman–Crippen LogP) is 5.63. The number of hydrogen-bond acceptors (Lipinski definition) is 7. The van der Waals surface area contributed by atoms with Gasteiger partial charge in [-0.2, -0.15) is 4.98 Å². The average Bonchev–Trinajstić information content (AvgIpc) is 3.46. The third-order valence-electron chi connectivity index (χ3n) is 4.80. The van der Waals surface area contributed by atoms with E-state index >= 15 is 0 Å². The summed E-state index contributed by atoms with van der Waals surface area (Å²) in [4.78, 5) is 8.73. The molecule has 7 nitrogen and oxygen atoms in total. The highest BCUT2D eigenvalue weighted by Gasteiger charge is 2.19. The average molecular weight is 461 g/mol. The molecule has 0 aliphatic rings. The quantitative estimate of drug-likeness (QED) is 0.303. The second kappa shape index (κ2) is 8.94. The van der Waals surface area contributed by atoms with Gasteiger partial charge in [0.1, 0.15) is 0 Å². The van der Waals surface area contributed by atoms with E-state index in [4.69, 9.17) is 16.1 Å². The minimum absolute atomic E-state index is 0.456. The van der Waals surface area contributed by atoms with E-state index in [-0.39, 0.29) is 0 Å². The second-order valence-electron chi connectivity index (χ2n) is 6.98. The molecule has 0 unspecified atom stereocenters. The van der Waals surface area contributed by atoms with Crippen molar-refractivity contribution < 1.29 is 4.52 Å². The first-order valence-electron chi connectivity index (χ1n) is 9.82. The molecule has 0 bridgehead atoms. The van der Waals surface area contributed by atoms with Crippen LogP contribution < -0.4 is 0 Å². The fourth-order valence-corrected chi connectivity index (χ4v) is 4.14. The van der Waals surface area contributed by atoms with Crippen molar-refractivity contribution in [2.24, 2.45) is 0 Å². The Balaban J connectivity index is 1.45. The zero-order chi connectivity index (χ0) is 21.9. The molecule has 9 heteroatoms. The van der Waals surface area contributed by atoms with Crippen molar-refractivity contribution >= 4 is 23.4 Å². The maximum atomic E-state index is 5.96. The number of benzene rings is 2. The maximum absolute atomic E-state index is 5.96. The molecule has 0 atom stereocenters. The molecular weight excluding hydrogens is 444 g/mol. The van der Waals surface area contributed by atoms with Gasteiger partial charge in [0.05, 0.1) is 11.4 Å². The molecule has 3 aromatic heterocycles. The van der Waals surface area contributed by atoms with Crippen molar-refractivity contribution in [3.05, 3.63) is 89.5 Å². The van der Waals surface area contributed by atoms with E-state index < -0.39 is 0 Å². The number of hydrogen-bond donors (Lipinski definition) is 0. The van der Waals surface area contributed by atoms with Gasteiger partial charge in [-0.1, -0.05) is 46.7 Å². The van der Waals surface area contributed by atoms with E-state index in [2.05, 4.69) is 38.3 Å². The summed E-state index contributed by atoms with van der Waals surface area (Å²) in [7, 11) is 0. The summed E-state index contributed by atoms with van der Waals surface area (Å²) in [5.74, 6) is 2.20. The van der Waals surface area contributed by atoms with E-state index in [0.29, 0.717) is 22.5 Å². The number of rotatable bonds is 6. The molecule has 0 aliphatic heterocycles. The zero-order valence-electron chi connectivity index (χ0n) is 17.0. The van der Waals surface area contributed by atoms with E-state index in [1.54, 1.807) is 24.5 Å². The maximum Gasteiger partial charge on any atom is 0.237 e. The Hall–Kier alpha value is -3.49. The highest BCUT2D eigenvalue weighted by molar-refractivity contribution is 7.98. The van der Waals surface area contributed by atoms with Crippen molar-refractivity contribution in [2.75, 3.05) is 0 Å². The van der Waals surface area contributed by atoms with Crippen molar-refractivity contribution in [3.8, 4) is 28.5 Å². The van der Waals surface area contributed by atoms with E-state index in [0.717, 1.165) is 33.4 Å². The summed E-state index contributed by atoms with van der Waals surface area (Å²) in [6, 6.07) is 19.3. The van der Waals surface area contributed by atoms with Gasteiger partial charge in [0.2, 0.25) is 11.7 Å². The van der Waals surface area contributed by atoms with Crippen molar-refractivity contribution in [1.82, 2.24) is 29.9 Å². The lowest BCUT2D eigenvalue weighted by molar-refractivity contribution is 0.391. The predicted molar refractivity (Wildman–Crippen MR) is 124 cm³/mol. The monoisotopic (exact) mass is 460 g/mol. The minimum atomic E-state index is 0.456. The van der Waals surface area contributed by atoms with Gasteiger partial charge < -0.3 is 4.52 Å². The number of aromatic nitrogens is 6. The smallest absolute Gasteiger partial charge is 0.237 e. The number of halogens is 1. The molecule has 3 heterocycles. The fourth-order valence-electron chi connectivity index (χ4n) is 3.23. The van der Waals surface area contributed by atoms with Gasteiger partial charge in [0.25, 0.3) is 0 Å². The Morgan fingerprint density at radius 2 is 1.81 bits per heavy atom. The SMILES string of the molecule is Cc1ccccc1-n1c(SCc2nc(-c3ccc(Cl)cc3)no2)nnc1-c1cccnc1. The summed E-state index contributed by atoms with van der Waals surface area (Å²) >= 11 is 7.44. The standard InChI is InChI=1S/C23H17ClN6OS/c1-15-5-2-3-7-19(15)30-22(17-6-4-12-25-13-17)27-28-23(30)32-14-20-26-21(29-31-20)16-8-10-18(24)11-9-16/h2-13H,14H2,1H3. The molecule has 0 N–H and O–H groups in total. The van der Waals surface area contributed by atoms with Crippen LogP contribution in [0.3, 0.4) is 0 Å². The number of thioether (sulfide) groups is 1. The Kier molecular flexibility index (Phi) is 5.70. The molecule has 0 amide bonds. The van der Waals surface area contributed by atoms with Gasteiger partial charge in [-0.05, 0) is 55.0 Å². The molecule has 2 aromatic carbocycles. The number of para-hydroxylation sites is 1. The third-order valence-corrected chi connectivity index (χ3v) is 5.97. The molecule has 0 saturated carbocycles. The molecule has 5 aromatic rings. The highest BCUT2D eigenvalue weighted by atomic mass is 35.5. The molecule has 5 rings (SSSR count). The van der Waals surface area contributed by atoms with Gasteiger partial charge in [-0.15, -0.1) is 10.2 Å². The summed E-state index contributed by atoms with van der Waals surface area (Å²) in [6.07, 6.45) is 3.52. The molecule has 0 spiro atoms. The summed E-state index contributed by atoms with van der Waals surface area (Å²) < 4.78 is 7.48. The van der Waals surface area contributed by atoms with E-state index in [9.17, 15) is 0 Å². The Labute approximate surface area is 193 Å². The van der Waals surface area contributed by atoms with Crippen molar-refractivity contribution in [1.29, 1.82) is 0 Å². The Bertz CT molecular complexity index is 1350. The van der Waals surface area contributed by atoms with Crippen LogP contribution in [0.25, 0.3) is 28.5 Å². The van der Waals surface area contributed by atoms with Crippen LogP contribution in [0.15, 0.2) is 82.7 Å².